The number of nitrogens with zero attached hydrogens (tertiary/aromatic N) is 3. The second-order valence-corrected chi connectivity index (χ2v) is 7.29. The van der Waals surface area contributed by atoms with Crippen LogP contribution in [0.4, 0.5) is 0 Å². The number of nitrogens with one attached hydrogen (secondary N) is 1. The number of quaternary nitrogens is 1. The van der Waals surface area contributed by atoms with Crippen molar-refractivity contribution in [2.75, 3.05) is 26.3 Å². The normalized spacial score (nSPS) is 16.0. The SMILES string of the molecule is Cn1c(C[NH+]2CCOCC2)nnc1SCc1ccc(Cl)c(Cl)c1. The van der Waals surface area contributed by atoms with Gasteiger partial charge in [-0.25, -0.2) is 0 Å². The van der Waals surface area contributed by atoms with E-state index in [0.29, 0.717) is 10.0 Å². The van der Waals surface area contributed by atoms with E-state index in [2.05, 4.69) is 14.8 Å². The molecule has 0 aliphatic carbocycles. The van der Waals surface area contributed by atoms with Crippen molar-refractivity contribution >= 4 is 35.0 Å². The Morgan fingerprint density at radius 2 is 2.00 bits per heavy atom. The summed E-state index contributed by atoms with van der Waals surface area (Å²) in [6.45, 7) is 4.59. The standard InChI is InChI=1S/C15H18Cl2N4OS/c1-20-14(9-21-4-6-22-7-5-21)18-19-15(20)23-10-11-2-3-12(16)13(17)8-11/h2-3,8H,4-7,9-10H2,1H3/p+1. The second kappa shape index (κ2) is 7.85. The Labute approximate surface area is 149 Å². The summed E-state index contributed by atoms with van der Waals surface area (Å²) in [7, 11) is 2.02. The second-order valence-electron chi connectivity index (χ2n) is 5.53. The number of ether oxygens (including phenoxy) is 1. The molecule has 0 saturated carbocycles. The lowest BCUT2D eigenvalue weighted by Crippen LogP contribution is -3.12. The topological polar surface area (TPSA) is 44.4 Å². The van der Waals surface area contributed by atoms with Gasteiger partial charge in [-0.2, -0.15) is 0 Å². The highest BCUT2D eigenvalue weighted by molar-refractivity contribution is 7.98. The Balaban J connectivity index is 1.61. The van der Waals surface area contributed by atoms with E-state index in [4.69, 9.17) is 27.9 Å². The quantitative estimate of drug-likeness (QED) is 0.812. The van der Waals surface area contributed by atoms with Gasteiger partial charge in [-0.3, -0.25) is 0 Å². The summed E-state index contributed by atoms with van der Waals surface area (Å²) in [6, 6.07) is 5.70. The molecule has 124 valence electrons. The molecule has 1 N–H and O–H groups in total. The third-order valence-electron chi connectivity index (χ3n) is 3.89. The van der Waals surface area contributed by atoms with Gasteiger partial charge in [0.2, 0.25) is 0 Å². The van der Waals surface area contributed by atoms with E-state index < -0.39 is 0 Å². The van der Waals surface area contributed by atoms with Gasteiger partial charge in [-0.15, -0.1) is 10.2 Å². The van der Waals surface area contributed by atoms with E-state index in [0.717, 1.165) is 55.1 Å². The molecule has 23 heavy (non-hydrogen) atoms. The van der Waals surface area contributed by atoms with Crippen LogP contribution in [0.25, 0.3) is 0 Å². The van der Waals surface area contributed by atoms with Crippen molar-refractivity contribution in [3.63, 3.8) is 0 Å². The summed E-state index contributed by atoms with van der Waals surface area (Å²) in [6.07, 6.45) is 0. The molecule has 0 unspecified atom stereocenters. The molecule has 1 aromatic carbocycles. The number of benzene rings is 1. The van der Waals surface area contributed by atoms with E-state index >= 15 is 0 Å². The molecule has 0 radical (unpaired) electrons. The molecule has 1 aliphatic rings. The summed E-state index contributed by atoms with van der Waals surface area (Å²) in [4.78, 5) is 1.49. The lowest BCUT2D eigenvalue weighted by Gasteiger charge is -2.23. The number of hydrogen-bond acceptors (Lipinski definition) is 4. The average molecular weight is 374 g/mol. The maximum Gasteiger partial charge on any atom is 0.191 e. The third-order valence-corrected chi connectivity index (χ3v) is 5.72. The Morgan fingerprint density at radius 3 is 2.74 bits per heavy atom. The summed E-state index contributed by atoms with van der Waals surface area (Å²) in [5, 5.41) is 10.7. The van der Waals surface area contributed by atoms with Crippen LogP contribution in [-0.4, -0.2) is 41.1 Å². The van der Waals surface area contributed by atoms with Crippen molar-refractivity contribution in [1.29, 1.82) is 0 Å². The predicted octanol–water partition coefficient (Wildman–Crippen LogP) is 1.83. The summed E-state index contributed by atoms with van der Waals surface area (Å²) in [5.74, 6) is 1.80. The molecule has 8 heteroatoms. The lowest BCUT2D eigenvalue weighted by molar-refractivity contribution is -0.922. The number of aromatic nitrogens is 3. The number of rotatable bonds is 5. The first-order valence-electron chi connectivity index (χ1n) is 7.50. The van der Waals surface area contributed by atoms with Crippen LogP contribution in [0.3, 0.4) is 0 Å². The van der Waals surface area contributed by atoms with Crippen LogP contribution in [0.2, 0.25) is 10.0 Å². The summed E-state index contributed by atoms with van der Waals surface area (Å²) >= 11 is 13.6. The monoisotopic (exact) mass is 373 g/mol. The van der Waals surface area contributed by atoms with Crippen molar-refractivity contribution in [2.24, 2.45) is 7.05 Å². The maximum atomic E-state index is 6.05. The highest BCUT2D eigenvalue weighted by Crippen LogP contribution is 2.26. The molecule has 1 aromatic heterocycles. The van der Waals surface area contributed by atoms with Gasteiger partial charge in [-0.05, 0) is 17.7 Å². The van der Waals surface area contributed by atoms with Gasteiger partial charge < -0.3 is 14.2 Å². The lowest BCUT2D eigenvalue weighted by atomic mass is 10.2. The van der Waals surface area contributed by atoms with Crippen LogP contribution in [0.5, 0.6) is 0 Å². The first-order chi connectivity index (χ1) is 11.1. The molecule has 2 heterocycles. The average Bonchev–Trinajstić information content (AvgIpc) is 2.90. The molecule has 0 amide bonds. The van der Waals surface area contributed by atoms with Crippen molar-refractivity contribution in [3.05, 3.63) is 39.6 Å². The Kier molecular flexibility index (Phi) is 5.82. The molecule has 0 atom stereocenters. The van der Waals surface area contributed by atoms with Crippen LogP contribution in [0.15, 0.2) is 23.4 Å². The minimum atomic E-state index is 0.579. The molecule has 2 aromatic rings. The molecule has 0 bridgehead atoms. The van der Waals surface area contributed by atoms with Crippen molar-refractivity contribution in [1.82, 2.24) is 14.8 Å². The molecule has 5 nitrogen and oxygen atoms in total. The van der Waals surface area contributed by atoms with Crippen molar-refractivity contribution in [3.8, 4) is 0 Å². The summed E-state index contributed by atoms with van der Waals surface area (Å²) < 4.78 is 7.46. The van der Waals surface area contributed by atoms with E-state index in [1.165, 1.54) is 4.90 Å². The molecule has 1 fully saturated rings. The fraction of sp³-hybridized carbons (Fsp3) is 0.467. The van der Waals surface area contributed by atoms with Crippen LogP contribution in [0.1, 0.15) is 11.4 Å². The number of hydrogen-bond donors (Lipinski definition) is 1. The van der Waals surface area contributed by atoms with Gasteiger partial charge in [0.05, 0.1) is 23.3 Å². The van der Waals surface area contributed by atoms with E-state index in [1.807, 2.05) is 25.2 Å². The van der Waals surface area contributed by atoms with Gasteiger partial charge in [0.15, 0.2) is 11.0 Å². The Morgan fingerprint density at radius 1 is 1.22 bits per heavy atom. The number of thioether (sulfide) groups is 1. The number of morpholine rings is 1. The Bertz CT molecular complexity index is 673. The van der Waals surface area contributed by atoms with Gasteiger partial charge >= 0.3 is 0 Å². The van der Waals surface area contributed by atoms with Gasteiger partial charge in [-0.1, -0.05) is 41.0 Å². The first kappa shape index (κ1) is 17.0. The van der Waals surface area contributed by atoms with E-state index in [1.54, 1.807) is 11.8 Å². The van der Waals surface area contributed by atoms with Crippen molar-refractivity contribution < 1.29 is 9.64 Å². The minimum Gasteiger partial charge on any atom is -0.370 e. The van der Waals surface area contributed by atoms with Crippen LogP contribution >= 0.6 is 35.0 Å². The van der Waals surface area contributed by atoms with Crippen molar-refractivity contribution in [2.45, 2.75) is 17.5 Å². The first-order valence-corrected chi connectivity index (χ1v) is 9.24. The molecule has 0 spiro atoms. The minimum absolute atomic E-state index is 0.579. The van der Waals surface area contributed by atoms with Gasteiger partial charge in [0, 0.05) is 12.8 Å². The molecule has 3 rings (SSSR count). The highest BCUT2D eigenvalue weighted by atomic mass is 35.5. The zero-order valence-corrected chi connectivity index (χ0v) is 15.2. The van der Waals surface area contributed by atoms with Gasteiger partial charge in [0.25, 0.3) is 0 Å². The zero-order valence-electron chi connectivity index (χ0n) is 12.9. The highest BCUT2D eigenvalue weighted by Gasteiger charge is 2.18. The van der Waals surface area contributed by atoms with E-state index in [-0.39, 0.29) is 0 Å². The molecular weight excluding hydrogens is 355 g/mol. The van der Waals surface area contributed by atoms with Crippen LogP contribution in [0, 0.1) is 0 Å². The third kappa shape index (κ3) is 4.39. The van der Waals surface area contributed by atoms with Crippen LogP contribution in [-0.2, 0) is 24.1 Å². The fourth-order valence-electron chi connectivity index (χ4n) is 2.46. The smallest absolute Gasteiger partial charge is 0.191 e. The molecule has 1 saturated heterocycles. The van der Waals surface area contributed by atoms with Crippen LogP contribution < -0.4 is 4.90 Å². The Hall–Kier alpha value is -0.790. The summed E-state index contributed by atoms with van der Waals surface area (Å²) in [5.41, 5.74) is 1.12. The van der Waals surface area contributed by atoms with E-state index in [9.17, 15) is 0 Å². The molecular formula is C15H19Cl2N4OS+. The molecule has 1 aliphatic heterocycles. The van der Waals surface area contributed by atoms with Gasteiger partial charge in [0.1, 0.15) is 19.6 Å². The fourth-order valence-corrected chi connectivity index (χ4v) is 3.66. The largest absolute Gasteiger partial charge is 0.370 e. The number of halogens is 2. The maximum absolute atomic E-state index is 6.05. The zero-order chi connectivity index (χ0) is 16.2. The predicted molar refractivity (Wildman–Crippen MR) is 92.2 cm³/mol.